The van der Waals surface area contributed by atoms with Crippen LogP contribution in [0.1, 0.15) is 16.8 Å². The van der Waals surface area contributed by atoms with E-state index < -0.39 is 16.0 Å². The molecule has 0 bridgehead atoms. The van der Waals surface area contributed by atoms with Crippen molar-refractivity contribution < 1.29 is 22.7 Å². The standard InChI is InChI=1S/C15H19ClN2O5S/c1-4-8-17-14(19)7-9-18(24(3,21)22)13-10-11(15(20)23-2)5-6-12(13)16/h4-6,10H,1,7-9H2,2-3H3,(H,17,19). The number of carbonyl (C=O) groups excluding carboxylic acids is 2. The third-order valence-electron chi connectivity index (χ3n) is 3.02. The number of rotatable bonds is 8. The van der Waals surface area contributed by atoms with Gasteiger partial charge in [0.15, 0.2) is 0 Å². The summed E-state index contributed by atoms with van der Waals surface area (Å²) in [6.07, 6.45) is 2.44. The van der Waals surface area contributed by atoms with Crippen LogP contribution in [-0.2, 0) is 19.6 Å². The van der Waals surface area contributed by atoms with Crippen molar-refractivity contribution >= 4 is 39.2 Å². The smallest absolute Gasteiger partial charge is 0.337 e. The first kappa shape index (κ1) is 20.0. The highest BCUT2D eigenvalue weighted by atomic mass is 35.5. The van der Waals surface area contributed by atoms with Gasteiger partial charge in [-0.1, -0.05) is 17.7 Å². The summed E-state index contributed by atoms with van der Waals surface area (Å²) in [6, 6.07) is 4.14. The van der Waals surface area contributed by atoms with Crippen LogP contribution in [0.5, 0.6) is 0 Å². The molecule has 1 aromatic rings. The first-order valence-corrected chi connectivity index (χ1v) is 9.16. The van der Waals surface area contributed by atoms with Crippen LogP contribution >= 0.6 is 11.6 Å². The summed E-state index contributed by atoms with van der Waals surface area (Å²) < 4.78 is 29.7. The van der Waals surface area contributed by atoms with Gasteiger partial charge in [0.05, 0.1) is 29.6 Å². The topological polar surface area (TPSA) is 92.8 Å². The molecule has 0 aliphatic carbocycles. The molecule has 0 aliphatic heterocycles. The van der Waals surface area contributed by atoms with Crippen molar-refractivity contribution in [2.24, 2.45) is 0 Å². The molecular formula is C15H19ClN2O5S. The van der Waals surface area contributed by atoms with Crippen LogP contribution in [0.2, 0.25) is 5.02 Å². The molecule has 0 saturated carbocycles. The Bertz CT molecular complexity index is 733. The number of hydrogen-bond donors (Lipinski definition) is 1. The third kappa shape index (κ3) is 5.54. The Kier molecular flexibility index (Phi) is 7.24. The lowest BCUT2D eigenvalue weighted by Gasteiger charge is -2.23. The fourth-order valence-electron chi connectivity index (χ4n) is 1.89. The summed E-state index contributed by atoms with van der Waals surface area (Å²) in [4.78, 5) is 23.3. The maximum absolute atomic E-state index is 12.1. The Morgan fingerprint density at radius 3 is 2.62 bits per heavy atom. The van der Waals surface area contributed by atoms with Gasteiger partial charge in [0.2, 0.25) is 15.9 Å². The molecule has 0 heterocycles. The molecule has 24 heavy (non-hydrogen) atoms. The fourth-order valence-corrected chi connectivity index (χ4v) is 3.09. The summed E-state index contributed by atoms with van der Waals surface area (Å²) in [7, 11) is -2.49. The predicted molar refractivity (Wildman–Crippen MR) is 92.8 cm³/mol. The molecule has 0 unspecified atom stereocenters. The molecule has 0 atom stereocenters. The second-order valence-electron chi connectivity index (χ2n) is 4.84. The molecule has 0 aliphatic rings. The maximum Gasteiger partial charge on any atom is 0.337 e. The zero-order valence-electron chi connectivity index (χ0n) is 13.4. The van der Waals surface area contributed by atoms with E-state index >= 15 is 0 Å². The van der Waals surface area contributed by atoms with Crippen molar-refractivity contribution in [1.82, 2.24) is 5.32 Å². The summed E-state index contributed by atoms with van der Waals surface area (Å²) in [5, 5.41) is 2.70. The molecular weight excluding hydrogens is 356 g/mol. The Balaban J connectivity index is 3.11. The SMILES string of the molecule is C=CCNC(=O)CCN(c1cc(C(=O)OC)ccc1Cl)S(C)(=O)=O. The number of nitrogens with zero attached hydrogens (tertiary/aromatic N) is 1. The zero-order chi connectivity index (χ0) is 18.3. The van der Waals surface area contributed by atoms with Crippen molar-refractivity contribution in [2.45, 2.75) is 6.42 Å². The highest BCUT2D eigenvalue weighted by molar-refractivity contribution is 7.92. The third-order valence-corrected chi connectivity index (χ3v) is 4.52. The number of ether oxygens (including phenoxy) is 1. The average molecular weight is 375 g/mol. The molecule has 1 amide bonds. The predicted octanol–water partition coefficient (Wildman–Crippen LogP) is 1.58. The molecule has 0 aromatic heterocycles. The van der Waals surface area contributed by atoms with E-state index in [-0.39, 0.29) is 41.7 Å². The van der Waals surface area contributed by atoms with Crippen molar-refractivity contribution in [3.63, 3.8) is 0 Å². The van der Waals surface area contributed by atoms with Crippen molar-refractivity contribution in [3.8, 4) is 0 Å². The number of amides is 1. The van der Waals surface area contributed by atoms with Crippen LogP contribution in [0.3, 0.4) is 0 Å². The van der Waals surface area contributed by atoms with E-state index in [0.29, 0.717) is 0 Å². The van der Waals surface area contributed by atoms with Crippen molar-refractivity contribution in [2.75, 3.05) is 30.8 Å². The van der Waals surface area contributed by atoms with E-state index in [0.717, 1.165) is 10.6 Å². The van der Waals surface area contributed by atoms with Crippen LogP contribution in [0, 0.1) is 0 Å². The summed E-state index contributed by atoms with van der Waals surface area (Å²) >= 11 is 6.07. The van der Waals surface area contributed by atoms with Gasteiger partial charge in [-0.2, -0.15) is 0 Å². The minimum Gasteiger partial charge on any atom is -0.465 e. The van der Waals surface area contributed by atoms with Gasteiger partial charge < -0.3 is 10.1 Å². The largest absolute Gasteiger partial charge is 0.465 e. The number of halogens is 1. The number of carbonyl (C=O) groups is 2. The number of sulfonamides is 1. The number of nitrogens with one attached hydrogen (secondary N) is 1. The van der Waals surface area contributed by atoms with Gasteiger partial charge >= 0.3 is 5.97 Å². The minimum absolute atomic E-state index is 0.0698. The monoisotopic (exact) mass is 374 g/mol. The maximum atomic E-state index is 12.1. The summed E-state index contributed by atoms with van der Waals surface area (Å²) in [5.41, 5.74) is 0.264. The molecule has 1 aromatic carbocycles. The molecule has 0 radical (unpaired) electrons. The van der Waals surface area contributed by atoms with E-state index in [1.807, 2.05) is 0 Å². The van der Waals surface area contributed by atoms with Crippen molar-refractivity contribution in [3.05, 3.63) is 41.4 Å². The van der Waals surface area contributed by atoms with Crippen LogP contribution in [0.15, 0.2) is 30.9 Å². The Labute approximate surface area is 146 Å². The number of benzene rings is 1. The summed E-state index contributed by atoms with van der Waals surface area (Å²) in [6.45, 7) is 3.65. The Morgan fingerprint density at radius 1 is 1.42 bits per heavy atom. The fraction of sp³-hybridized carbons (Fsp3) is 0.333. The van der Waals surface area contributed by atoms with Gasteiger partial charge in [-0.3, -0.25) is 9.10 Å². The molecule has 7 nitrogen and oxygen atoms in total. The molecule has 132 valence electrons. The lowest BCUT2D eigenvalue weighted by atomic mass is 10.2. The van der Waals surface area contributed by atoms with E-state index in [1.54, 1.807) is 0 Å². The Hall–Kier alpha value is -2.06. The van der Waals surface area contributed by atoms with E-state index in [1.165, 1.54) is 31.4 Å². The molecule has 0 spiro atoms. The Morgan fingerprint density at radius 2 is 2.08 bits per heavy atom. The van der Waals surface area contributed by atoms with E-state index in [9.17, 15) is 18.0 Å². The quantitative estimate of drug-likeness (QED) is 0.551. The number of hydrogen-bond acceptors (Lipinski definition) is 5. The highest BCUT2D eigenvalue weighted by Gasteiger charge is 2.22. The van der Waals surface area contributed by atoms with Gasteiger partial charge in [-0.15, -0.1) is 6.58 Å². The molecule has 0 saturated heterocycles. The van der Waals surface area contributed by atoms with E-state index in [4.69, 9.17) is 11.6 Å². The number of anilines is 1. The molecule has 1 N–H and O–H groups in total. The van der Waals surface area contributed by atoms with Crippen LogP contribution in [0.4, 0.5) is 5.69 Å². The molecule has 0 fully saturated rings. The van der Waals surface area contributed by atoms with Crippen molar-refractivity contribution in [1.29, 1.82) is 0 Å². The second kappa shape index (κ2) is 8.70. The highest BCUT2D eigenvalue weighted by Crippen LogP contribution is 2.29. The van der Waals surface area contributed by atoms with Gasteiger partial charge in [-0.25, -0.2) is 13.2 Å². The van der Waals surface area contributed by atoms with Crippen LogP contribution in [-0.4, -0.2) is 46.7 Å². The van der Waals surface area contributed by atoms with Gasteiger partial charge in [0.25, 0.3) is 0 Å². The second-order valence-corrected chi connectivity index (χ2v) is 7.15. The number of methoxy groups -OCH3 is 1. The van der Waals surface area contributed by atoms with Gasteiger partial charge in [-0.05, 0) is 18.2 Å². The van der Waals surface area contributed by atoms with Gasteiger partial charge in [0.1, 0.15) is 0 Å². The minimum atomic E-state index is -3.71. The lowest BCUT2D eigenvalue weighted by molar-refractivity contribution is -0.120. The summed E-state index contributed by atoms with van der Waals surface area (Å²) in [5.74, 6) is -0.950. The van der Waals surface area contributed by atoms with E-state index in [2.05, 4.69) is 16.6 Å². The van der Waals surface area contributed by atoms with Crippen LogP contribution < -0.4 is 9.62 Å². The number of esters is 1. The molecule has 1 rings (SSSR count). The zero-order valence-corrected chi connectivity index (χ0v) is 15.0. The molecule has 9 heteroatoms. The first-order valence-electron chi connectivity index (χ1n) is 6.94. The first-order chi connectivity index (χ1) is 11.2. The normalized spacial score (nSPS) is 10.8. The van der Waals surface area contributed by atoms with Crippen LogP contribution in [0.25, 0.3) is 0 Å². The van der Waals surface area contributed by atoms with Gasteiger partial charge in [0, 0.05) is 19.5 Å². The lowest BCUT2D eigenvalue weighted by Crippen LogP contribution is -2.35. The average Bonchev–Trinajstić information content (AvgIpc) is 2.52.